The summed E-state index contributed by atoms with van der Waals surface area (Å²) in [6.07, 6.45) is 0. The van der Waals surface area contributed by atoms with Gasteiger partial charge in [0.15, 0.2) is 0 Å². The molecule has 68 heavy (non-hydrogen) atoms. The highest BCUT2D eigenvalue weighted by atomic mass is 79.9. The molecular weight excluding hydrogens is 905 g/mol. The van der Waals surface area contributed by atoms with Crippen LogP contribution >= 0.6 is 25.0 Å². The molecule has 7 rings (SSSR count). The van der Waals surface area contributed by atoms with E-state index in [1.165, 1.54) is 116 Å². The minimum Gasteiger partial charge on any atom is -0.0617 e. The second kappa shape index (κ2) is 21.6. The van der Waals surface area contributed by atoms with Gasteiger partial charge in [0.25, 0.3) is 0 Å². The van der Waals surface area contributed by atoms with Gasteiger partial charge in [0.05, 0.1) is 0 Å². The summed E-state index contributed by atoms with van der Waals surface area (Å²) in [4.78, 5) is 1.23. The van der Waals surface area contributed by atoms with Gasteiger partial charge in [0, 0.05) is 4.90 Å². The summed E-state index contributed by atoms with van der Waals surface area (Å²) >= 11 is 4.07. The van der Waals surface area contributed by atoms with Crippen molar-refractivity contribution in [2.24, 2.45) is 0 Å². The van der Waals surface area contributed by atoms with E-state index in [0.29, 0.717) is 47.3 Å². The number of hydrogen-bond donors (Lipinski definition) is 0. The van der Waals surface area contributed by atoms with Crippen molar-refractivity contribution < 1.29 is 0 Å². The maximum Gasteiger partial charge on any atom is 0.0345 e. The lowest BCUT2D eigenvalue weighted by Gasteiger charge is -2.25. The van der Waals surface area contributed by atoms with Crippen LogP contribution in [0.25, 0.3) is 66.8 Å². The molecule has 0 saturated carbocycles. The van der Waals surface area contributed by atoms with Gasteiger partial charge in [-0.1, -0.05) is 202 Å². The first kappa shape index (κ1) is 51.2. The standard InChI is InChI=1S/C66H77BrS/c1-38(2)52-22-17-23-53(39(3)4)62(52)48-32-46(33-49(36-48)63-54(40(5)6)24-18-25-55(63)41(7)8)60-30-21-31-61(66(60)68-67)47-34-50(64-56(42(9)10)26-19-27-57(64)43(11)12)37-51(35-47)65-58(44(13)14)28-20-29-59(65)45(15)16/h17-45H,1-16H3. The van der Waals surface area contributed by atoms with E-state index in [2.05, 4.69) is 253 Å². The second-order valence-electron chi connectivity index (χ2n) is 21.8. The zero-order valence-electron chi connectivity index (χ0n) is 44.0. The largest absolute Gasteiger partial charge is 0.0617 e. The van der Waals surface area contributed by atoms with Crippen molar-refractivity contribution >= 4 is 25.0 Å². The van der Waals surface area contributed by atoms with Gasteiger partial charge in [-0.3, -0.25) is 0 Å². The molecule has 7 aromatic rings. The van der Waals surface area contributed by atoms with Gasteiger partial charge in [0.2, 0.25) is 0 Å². The van der Waals surface area contributed by atoms with E-state index < -0.39 is 0 Å². The third kappa shape index (κ3) is 10.3. The Morgan fingerprint density at radius 3 is 0.618 bits per heavy atom. The van der Waals surface area contributed by atoms with Crippen LogP contribution in [0.2, 0.25) is 0 Å². The summed E-state index contributed by atoms with van der Waals surface area (Å²) in [5.74, 6) is 2.98. The average molecular weight is 982 g/mol. The van der Waals surface area contributed by atoms with Crippen LogP contribution in [0.3, 0.4) is 0 Å². The summed E-state index contributed by atoms with van der Waals surface area (Å²) in [5, 5.41) is 0. The van der Waals surface area contributed by atoms with Crippen LogP contribution in [-0.4, -0.2) is 0 Å². The predicted molar refractivity (Wildman–Crippen MR) is 307 cm³/mol. The molecule has 0 aromatic heterocycles. The molecule has 0 radical (unpaired) electrons. The van der Waals surface area contributed by atoms with Crippen molar-refractivity contribution in [3.63, 3.8) is 0 Å². The maximum atomic E-state index is 4.07. The Bertz CT molecular complexity index is 2440. The quantitative estimate of drug-likeness (QED) is 0.0986. The van der Waals surface area contributed by atoms with Crippen LogP contribution < -0.4 is 0 Å². The molecule has 0 saturated heterocycles. The van der Waals surface area contributed by atoms with Gasteiger partial charge < -0.3 is 0 Å². The normalized spacial score (nSPS) is 12.1. The Balaban J connectivity index is 1.61. The highest BCUT2D eigenvalue weighted by Crippen LogP contribution is 2.50. The van der Waals surface area contributed by atoms with E-state index in [-0.39, 0.29) is 0 Å². The average Bonchev–Trinajstić information content (AvgIpc) is 3.32. The summed E-state index contributed by atoms with van der Waals surface area (Å²) in [6, 6.07) is 49.9. The van der Waals surface area contributed by atoms with E-state index in [0.717, 1.165) is 0 Å². The molecule has 0 amide bonds. The van der Waals surface area contributed by atoms with Gasteiger partial charge in [-0.25, -0.2) is 0 Å². The summed E-state index contributed by atoms with van der Waals surface area (Å²) in [7, 11) is 1.70. The molecule has 0 N–H and O–H groups in total. The molecule has 0 heterocycles. The van der Waals surface area contributed by atoms with E-state index in [4.69, 9.17) is 0 Å². The fraction of sp³-hybridized carbons (Fsp3) is 0.364. The second-order valence-corrected chi connectivity index (χ2v) is 23.4. The van der Waals surface area contributed by atoms with Crippen LogP contribution in [0.4, 0.5) is 0 Å². The predicted octanol–water partition coefficient (Wildman–Crippen LogP) is 22.1. The van der Waals surface area contributed by atoms with Crippen molar-refractivity contribution in [1.82, 2.24) is 0 Å². The Kier molecular flexibility index (Phi) is 16.2. The SMILES string of the molecule is CC(C)c1cccc(C(C)C)c1-c1cc(-c2cccc(-c3cc(-c4c(C(C)C)cccc4C(C)C)cc(-c4c(C(C)C)cccc4C(C)C)c3)c2SBr)cc(-c2c(C(C)C)cccc2C(C)C)c1. The van der Waals surface area contributed by atoms with E-state index >= 15 is 0 Å². The van der Waals surface area contributed by atoms with Crippen LogP contribution in [0.15, 0.2) is 132 Å². The molecule has 0 unspecified atom stereocenters. The number of benzene rings is 7. The van der Waals surface area contributed by atoms with Crippen LogP contribution in [-0.2, 0) is 0 Å². The third-order valence-electron chi connectivity index (χ3n) is 14.2. The fourth-order valence-electron chi connectivity index (χ4n) is 10.8. The van der Waals surface area contributed by atoms with Gasteiger partial charge in [-0.05, 0) is 220 Å². The first-order valence-corrected chi connectivity index (χ1v) is 28.2. The van der Waals surface area contributed by atoms with Crippen LogP contribution in [0.1, 0.15) is 203 Å². The fourth-order valence-corrected chi connectivity index (χ4v) is 12.3. The van der Waals surface area contributed by atoms with Crippen molar-refractivity contribution in [2.45, 2.75) is 163 Å². The lowest BCUT2D eigenvalue weighted by atomic mass is 9.80. The maximum absolute atomic E-state index is 4.07. The lowest BCUT2D eigenvalue weighted by molar-refractivity contribution is 0.836. The van der Waals surface area contributed by atoms with Crippen molar-refractivity contribution in [2.75, 3.05) is 0 Å². The number of halogens is 1. The molecule has 7 aromatic carbocycles. The molecular formula is C66H77BrS. The zero-order chi connectivity index (χ0) is 49.3. The summed E-state index contributed by atoms with van der Waals surface area (Å²) in [6.45, 7) is 37.5. The van der Waals surface area contributed by atoms with Gasteiger partial charge in [-0.15, -0.1) is 0 Å². The molecule has 0 atom stereocenters. The first-order valence-electron chi connectivity index (χ1n) is 25.6. The van der Waals surface area contributed by atoms with Crippen LogP contribution in [0, 0.1) is 0 Å². The number of rotatable bonds is 15. The van der Waals surface area contributed by atoms with Crippen LogP contribution in [0.5, 0.6) is 0 Å². The molecule has 0 aliphatic rings. The van der Waals surface area contributed by atoms with Crippen molar-refractivity contribution in [3.8, 4) is 66.8 Å². The summed E-state index contributed by atoms with van der Waals surface area (Å²) < 4.78 is 0. The molecule has 0 nitrogen and oxygen atoms in total. The smallest absolute Gasteiger partial charge is 0.0345 e. The summed E-state index contributed by atoms with van der Waals surface area (Å²) in [5.41, 5.74) is 26.8. The van der Waals surface area contributed by atoms with Gasteiger partial charge >= 0.3 is 0 Å². The molecule has 0 bridgehead atoms. The molecule has 0 spiro atoms. The topological polar surface area (TPSA) is 0 Å². The van der Waals surface area contributed by atoms with Crippen molar-refractivity contribution in [3.05, 3.63) is 172 Å². The van der Waals surface area contributed by atoms with Gasteiger partial charge in [-0.2, -0.15) is 0 Å². The van der Waals surface area contributed by atoms with E-state index in [9.17, 15) is 0 Å². The van der Waals surface area contributed by atoms with E-state index in [1.807, 2.05) is 0 Å². The monoisotopic (exact) mass is 980 g/mol. The first-order chi connectivity index (χ1) is 32.3. The Labute approximate surface area is 424 Å². The Morgan fingerprint density at radius 1 is 0.265 bits per heavy atom. The Morgan fingerprint density at radius 2 is 0.441 bits per heavy atom. The highest BCUT2D eigenvalue weighted by Gasteiger charge is 2.25. The molecule has 354 valence electrons. The van der Waals surface area contributed by atoms with Gasteiger partial charge in [0.1, 0.15) is 0 Å². The molecule has 0 aliphatic heterocycles. The van der Waals surface area contributed by atoms with E-state index in [1.54, 1.807) is 10.2 Å². The number of hydrogen-bond acceptors (Lipinski definition) is 1. The molecule has 0 aliphatic carbocycles. The minimum absolute atomic E-state index is 0.373. The Hall–Kier alpha value is -4.63. The minimum atomic E-state index is 0.373. The highest BCUT2D eigenvalue weighted by molar-refractivity contribution is 9.50. The third-order valence-corrected chi connectivity index (χ3v) is 15.8. The molecule has 0 fully saturated rings. The lowest BCUT2D eigenvalue weighted by Crippen LogP contribution is -2.03. The zero-order valence-corrected chi connectivity index (χ0v) is 46.4. The molecule has 2 heteroatoms. The van der Waals surface area contributed by atoms with Crippen molar-refractivity contribution in [1.29, 1.82) is 0 Å².